The summed E-state index contributed by atoms with van der Waals surface area (Å²) in [5.74, 6) is 0. The average molecular weight is 276 g/mol. The Morgan fingerprint density at radius 2 is 1.90 bits per heavy atom. The molecule has 1 aromatic rings. The summed E-state index contributed by atoms with van der Waals surface area (Å²) in [6.07, 6.45) is 1.11. The van der Waals surface area contributed by atoms with Gasteiger partial charge in [-0.15, -0.1) is 0 Å². The van der Waals surface area contributed by atoms with Gasteiger partial charge in [0.15, 0.2) is 0 Å². The molecule has 1 aliphatic rings. The zero-order valence-electron chi connectivity index (χ0n) is 13.1. The van der Waals surface area contributed by atoms with Gasteiger partial charge in [-0.3, -0.25) is 4.90 Å². The van der Waals surface area contributed by atoms with Crippen LogP contribution in [0.1, 0.15) is 31.9 Å². The Morgan fingerprint density at radius 3 is 2.55 bits per heavy atom. The van der Waals surface area contributed by atoms with Gasteiger partial charge in [0.2, 0.25) is 0 Å². The lowest BCUT2D eigenvalue weighted by molar-refractivity contribution is -0.0552. The Morgan fingerprint density at radius 1 is 1.20 bits per heavy atom. The monoisotopic (exact) mass is 276 g/mol. The third-order valence-electron chi connectivity index (χ3n) is 4.05. The molecule has 0 amide bonds. The molecular formula is C17H28N2O. The van der Waals surface area contributed by atoms with Crippen LogP contribution in [-0.4, -0.2) is 43.3 Å². The van der Waals surface area contributed by atoms with Gasteiger partial charge < -0.3 is 10.1 Å². The van der Waals surface area contributed by atoms with Gasteiger partial charge in [0.1, 0.15) is 0 Å². The molecule has 0 radical (unpaired) electrons. The number of rotatable bonds is 6. The fraction of sp³-hybridized carbons (Fsp3) is 0.647. The van der Waals surface area contributed by atoms with Gasteiger partial charge in [0.05, 0.1) is 13.2 Å². The van der Waals surface area contributed by atoms with E-state index in [0.29, 0.717) is 0 Å². The highest BCUT2D eigenvalue weighted by Crippen LogP contribution is 2.21. The number of nitrogens with zero attached hydrogens (tertiary/aromatic N) is 1. The van der Waals surface area contributed by atoms with Gasteiger partial charge >= 0.3 is 0 Å². The minimum Gasteiger partial charge on any atom is -0.378 e. The van der Waals surface area contributed by atoms with E-state index < -0.39 is 0 Å². The van der Waals surface area contributed by atoms with Gasteiger partial charge in [0.25, 0.3) is 0 Å². The molecule has 1 aromatic carbocycles. The van der Waals surface area contributed by atoms with Crippen molar-refractivity contribution >= 4 is 0 Å². The third kappa shape index (κ3) is 4.30. The Kier molecular flexibility index (Phi) is 5.58. The molecule has 1 saturated heterocycles. The predicted molar refractivity (Wildman–Crippen MR) is 84.0 cm³/mol. The van der Waals surface area contributed by atoms with Crippen LogP contribution in [-0.2, 0) is 17.7 Å². The SMILES string of the molecule is CCNCCc1ccc(CN2CCOCC2(C)C)cc1. The van der Waals surface area contributed by atoms with Crippen molar-refractivity contribution < 1.29 is 4.74 Å². The number of hydrogen-bond donors (Lipinski definition) is 1. The number of benzene rings is 1. The molecule has 0 bridgehead atoms. The van der Waals surface area contributed by atoms with E-state index in [1.54, 1.807) is 0 Å². The highest BCUT2D eigenvalue weighted by Gasteiger charge is 2.30. The number of morpholine rings is 1. The largest absolute Gasteiger partial charge is 0.378 e. The summed E-state index contributed by atoms with van der Waals surface area (Å²) in [7, 11) is 0. The van der Waals surface area contributed by atoms with Crippen LogP contribution < -0.4 is 5.32 Å². The summed E-state index contributed by atoms with van der Waals surface area (Å²) in [5.41, 5.74) is 2.95. The number of ether oxygens (including phenoxy) is 1. The van der Waals surface area contributed by atoms with Crippen LogP contribution in [0.25, 0.3) is 0 Å². The van der Waals surface area contributed by atoms with Crippen LogP contribution in [0.4, 0.5) is 0 Å². The second-order valence-electron chi connectivity index (χ2n) is 6.21. The molecule has 0 unspecified atom stereocenters. The first kappa shape index (κ1) is 15.5. The second kappa shape index (κ2) is 7.21. The summed E-state index contributed by atoms with van der Waals surface area (Å²) >= 11 is 0. The maximum Gasteiger partial charge on any atom is 0.0645 e. The maximum absolute atomic E-state index is 5.58. The first-order valence-corrected chi connectivity index (χ1v) is 7.73. The Labute approximate surface area is 123 Å². The van der Waals surface area contributed by atoms with Crippen LogP contribution in [0.5, 0.6) is 0 Å². The summed E-state index contributed by atoms with van der Waals surface area (Å²) in [4.78, 5) is 2.52. The van der Waals surface area contributed by atoms with E-state index in [1.165, 1.54) is 11.1 Å². The van der Waals surface area contributed by atoms with E-state index in [1.807, 2.05) is 0 Å². The molecule has 1 heterocycles. The molecule has 0 saturated carbocycles. The van der Waals surface area contributed by atoms with E-state index >= 15 is 0 Å². The lowest BCUT2D eigenvalue weighted by atomic mass is 10.0. The van der Waals surface area contributed by atoms with E-state index in [2.05, 4.69) is 55.3 Å². The summed E-state index contributed by atoms with van der Waals surface area (Å²) < 4.78 is 5.58. The molecule has 0 aliphatic carbocycles. The van der Waals surface area contributed by atoms with Crippen molar-refractivity contribution in [3.05, 3.63) is 35.4 Å². The quantitative estimate of drug-likeness (QED) is 0.808. The summed E-state index contributed by atoms with van der Waals surface area (Å²) in [5, 5.41) is 3.37. The van der Waals surface area contributed by atoms with E-state index in [-0.39, 0.29) is 5.54 Å². The predicted octanol–water partition coefficient (Wildman–Crippen LogP) is 2.45. The lowest BCUT2D eigenvalue weighted by Gasteiger charge is -2.42. The zero-order valence-corrected chi connectivity index (χ0v) is 13.1. The Hall–Kier alpha value is -0.900. The molecule has 3 nitrogen and oxygen atoms in total. The highest BCUT2D eigenvalue weighted by molar-refractivity contribution is 5.23. The fourth-order valence-corrected chi connectivity index (χ4v) is 2.62. The van der Waals surface area contributed by atoms with Gasteiger partial charge in [-0.25, -0.2) is 0 Å². The molecule has 1 N–H and O–H groups in total. The molecule has 1 fully saturated rings. The Balaban J connectivity index is 1.89. The van der Waals surface area contributed by atoms with Crippen LogP contribution in [0.3, 0.4) is 0 Å². The van der Waals surface area contributed by atoms with Crippen molar-refractivity contribution in [1.29, 1.82) is 0 Å². The molecule has 1 aliphatic heterocycles. The van der Waals surface area contributed by atoms with Crippen molar-refractivity contribution in [2.45, 2.75) is 39.3 Å². The van der Waals surface area contributed by atoms with Crippen molar-refractivity contribution in [2.24, 2.45) is 0 Å². The topological polar surface area (TPSA) is 24.5 Å². The fourth-order valence-electron chi connectivity index (χ4n) is 2.62. The molecule has 2 rings (SSSR count). The lowest BCUT2D eigenvalue weighted by Crippen LogP contribution is -2.52. The molecular weight excluding hydrogens is 248 g/mol. The van der Waals surface area contributed by atoms with E-state index in [4.69, 9.17) is 4.74 Å². The van der Waals surface area contributed by atoms with Gasteiger partial charge in [-0.2, -0.15) is 0 Å². The van der Waals surface area contributed by atoms with Gasteiger partial charge in [-0.05, 0) is 44.5 Å². The minimum absolute atomic E-state index is 0.141. The average Bonchev–Trinajstić information content (AvgIpc) is 2.43. The smallest absolute Gasteiger partial charge is 0.0645 e. The van der Waals surface area contributed by atoms with Gasteiger partial charge in [0, 0.05) is 18.6 Å². The molecule has 0 aromatic heterocycles. The van der Waals surface area contributed by atoms with E-state index in [9.17, 15) is 0 Å². The Bertz CT molecular complexity index is 400. The van der Waals surface area contributed by atoms with Crippen molar-refractivity contribution in [3.8, 4) is 0 Å². The van der Waals surface area contributed by atoms with E-state index in [0.717, 1.165) is 45.8 Å². The van der Waals surface area contributed by atoms with Gasteiger partial charge in [-0.1, -0.05) is 31.2 Å². The molecule has 3 heteroatoms. The second-order valence-corrected chi connectivity index (χ2v) is 6.21. The number of hydrogen-bond acceptors (Lipinski definition) is 3. The number of nitrogens with one attached hydrogen (secondary N) is 1. The van der Waals surface area contributed by atoms with Crippen molar-refractivity contribution in [1.82, 2.24) is 10.2 Å². The van der Waals surface area contributed by atoms with Crippen LogP contribution in [0.2, 0.25) is 0 Å². The maximum atomic E-state index is 5.58. The van der Waals surface area contributed by atoms with Crippen molar-refractivity contribution in [2.75, 3.05) is 32.8 Å². The standard InChI is InChI=1S/C17H28N2O/c1-4-18-10-9-15-5-7-16(8-6-15)13-19-11-12-20-14-17(19,2)3/h5-8,18H,4,9-14H2,1-3H3. The summed E-state index contributed by atoms with van der Waals surface area (Å²) in [6.45, 7) is 12.5. The van der Waals surface area contributed by atoms with Crippen LogP contribution in [0, 0.1) is 0 Å². The molecule has 0 atom stereocenters. The third-order valence-corrected chi connectivity index (χ3v) is 4.05. The first-order valence-electron chi connectivity index (χ1n) is 7.73. The molecule has 0 spiro atoms. The van der Waals surface area contributed by atoms with Crippen molar-refractivity contribution in [3.63, 3.8) is 0 Å². The first-order chi connectivity index (χ1) is 9.62. The van der Waals surface area contributed by atoms with Crippen LogP contribution >= 0.6 is 0 Å². The highest BCUT2D eigenvalue weighted by atomic mass is 16.5. The minimum atomic E-state index is 0.141. The molecule has 112 valence electrons. The summed E-state index contributed by atoms with van der Waals surface area (Å²) in [6, 6.07) is 9.07. The normalized spacial score (nSPS) is 19.1. The molecule has 20 heavy (non-hydrogen) atoms. The number of likely N-dealkylation sites (N-methyl/N-ethyl adjacent to an activating group) is 1. The van der Waals surface area contributed by atoms with Crippen LogP contribution in [0.15, 0.2) is 24.3 Å². The zero-order chi connectivity index (χ0) is 14.4.